The van der Waals surface area contributed by atoms with Crippen LogP contribution in [0.5, 0.6) is 0 Å². The average molecular weight is 275 g/mol. The fraction of sp³-hybridized carbons (Fsp3) is 0.200. The summed E-state index contributed by atoms with van der Waals surface area (Å²) in [4.78, 5) is 0. The summed E-state index contributed by atoms with van der Waals surface area (Å²) in [6, 6.07) is 15.1. The van der Waals surface area contributed by atoms with Crippen LogP contribution >= 0.6 is 0 Å². The van der Waals surface area contributed by atoms with E-state index in [9.17, 15) is 0 Å². The number of nitrogens with two attached hydrogens (primary N) is 1. The van der Waals surface area contributed by atoms with Gasteiger partial charge in [-0.2, -0.15) is 0 Å². The lowest BCUT2D eigenvalue weighted by atomic mass is 9.96. The smallest absolute Gasteiger partial charge is 0.0181 e. The van der Waals surface area contributed by atoms with Gasteiger partial charge in [0.05, 0.1) is 0 Å². The van der Waals surface area contributed by atoms with Gasteiger partial charge in [-0.05, 0) is 53.6 Å². The molecule has 2 aromatic carbocycles. The van der Waals surface area contributed by atoms with Gasteiger partial charge in [-0.1, -0.05) is 60.2 Å². The zero-order chi connectivity index (χ0) is 14.8. The average Bonchev–Trinajstić information content (AvgIpc) is 2.88. The van der Waals surface area contributed by atoms with Crippen molar-refractivity contribution >= 4 is 0 Å². The SMILES string of the molecule is C=C(C)/C=C1/Cc2cc(-c3ccccc3)cc(CN)c2C1. The Hall–Kier alpha value is -2.12. The highest BCUT2D eigenvalue weighted by Crippen LogP contribution is 2.34. The monoisotopic (exact) mass is 275 g/mol. The molecule has 0 aliphatic heterocycles. The molecule has 106 valence electrons. The quantitative estimate of drug-likeness (QED) is 0.882. The maximum Gasteiger partial charge on any atom is 0.0181 e. The van der Waals surface area contributed by atoms with E-state index in [1.165, 1.54) is 33.4 Å². The van der Waals surface area contributed by atoms with E-state index in [-0.39, 0.29) is 0 Å². The molecule has 0 unspecified atom stereocenters. The van der Waals surface area contributed by atoms with E-state index in [1.807, 2.05) is 0 Å². The molecule has 2 N–H and O–H groups in total. The summed E-state index contributed by atoms with van der Waals surface area (Å²) in [6.07, 6.45) is 4.25. The van der Waals surface area contributed by atoms with Crippen molar-refractivity contribution in [1.29, 1.82) is 0 Å². The summed E-state index contributed by atoms with van der Waals surface area (Å²) in [7, 11) is 0. The third-order valence-electron chi connectivity index (χ3n) is 4.03. The van der Waals surface area contributed by atoms with Crippen LogP contribution < -0.4 is 5.73 Å². The van der Waals surface area contributed by atoms with Gasteiger partial charge in [-0.15, -0.1) is 0 Å². The highest BCUT2D eigenvalue weighted by molar-refractivity contribution is 5.67. The lowest BCUT2D eigenvalue weighted by Crippen LogP contribution is -2.02. The molecular formula is C20H21N. The van der Waals surface area contributed by atoms with Crippen LogP contribution in [0.2, 0.25) is 0 Å². The Morgan fingerprint density at radius 3 is 2.57 bits per heavy atom. The number of hydrogen-bond donors (Lipinski definition) is 1. The van der Waals surface area contributed by atoms with E-state index in [4.69, 9.17) is 5.73 Å². The molecule has 0 aromatic heterocycles. The lowest BCUT2D eigenvalue weighted by Gasteiger charge is -2.10. The minimum Gasteiger partial charge on any atom is -0.326 e. The van der Waals surface area contributed by atoms with Gasteiger partial charge in [0.1, 0.15) is 0 Å². The van der Waals surface area contributed by atoms with Crippen molar-refractivity contribution in [3.8, 4) is 11.1 Å². The topological polar surface area (TPSA) is 26.0 Å². The van der Waals surface area contributed by atoms with Crippen LogP contribution in [-0.4, -0.2) is 0 Å². The molecule has 1 aliphatic carbocycles. The highest BCUT2D eigenvalue weighted by atomic mass is 14.5. The number of hydrogen-bond acceptors (Lipinski definition) is 1. The summed E-state index contributed by atoms with van der Waals surface area (Å²) in [5.41, 5.74) is 15.2. The fourth-order valence-electron chi connectivity index (χ4n) is 3.15. The molecule has 1 nitrogen and oxygen atoms in total. The maximum absolute atomic E-state index is 5.98. The number of rotatable bonds is 3. The van der Waals surface area contributed by atoms with Crippen molar-refractivity contribution in [2.45, 2.75) is 26.3 Å². The van der Waals surface area contributed by atoms with Crippen molar-refractivity contribution in [3.05, 3.63) is 83.0 Å². The molecule has 0 atom stereocenters. The van der Waals surface area contributed by atoms with Crippen LogP contribution in [0.3, 0.4) is 0 Å². The molecule has 1 aliphatic rings. The van der Waals surface area contributed by atoms with Gasteiger partial charge in [0.15, 0.2) is 0 Å². The van der Waals surface area contributed by atoms with E-state index >= 15 is 0 Å². The summed E-state index contributed by atoms with van der Waals surface area (Å²) >= 11 is 0. The first kappa shape index (κ1) is 13.8. The molecule has 21 heavy (non-hydrogen) atoms. The number of fused-ring (bicyclic) bond motifs is 1. The zero-order valence-corrected chi connectivity index (χ0v) is 12.5. The van der Waals surface area contributed by atoms with Crippen molar-refractivity contribution in [3.63, 3.8) is 0 Å². The van der Waals surface area contributed by atoms with Crippen molar-refractivity contribution in [2.75, 3.05) is 0 Å². The second-order valence-electron chi connectivity index (χ2n) is 5.85. The Kier molecular flexibility index (Phi) is 3.76. The number of benzene rings is 2. The second-order valence-corrected chi connectivity index (χ2v) is 5.85. The number of allylic oxidation sites excluding steroid dienone is 3. The molecular weight excluding hydrogens is 254 g/mol. The van der Waals surface area contributed by atoms with E-state index in [0.29, 0.717) is 6.54 Å². The molecule has 0 radical (unpaired) electrons. The van der Waals surface area contributed by atoms with Crippen molar-refractivity contribution in [1.82, 2.24) is 0 Å². The molecule has 2 aromatic rings. The van der Waals surface area contributed by atoms with Gasteiger partial charge < -0.3 is 5.73 Å². The molecule has 0 saturated carbocycles. The third kappa shape index (κ3) is 2.84. The third-order valence-corrected chi connectivity index (χ3v) is 4.03. The fourth-order valence-corrected chi connectivity index (χ4v) is 3.15. The van der Waals surface area contributed by atoms with Crippen LogP contribution in [0, 0.1) is 0 Å². The molecule has 0 amide bonds. The highest BCUT2D eigenvalue weighted by Gasteiger charge is 2.19. The standard InChI is InChI=1S/C20H21N/c1-14(2)8-15-9-18-11-17(16-6-4-3-5-7-16)12-19(13-21)20(18)10-15/h3-8,11-12H,1,9-10,13,21H2,2H3/b15-8-. The maximum atomic E-state index is 5.98. The minimum absolute atomic E-state index is 0.601. The van der Waals surface area contributed by atoms with Crippen LogP contribution in [0.25, 0.3) is 11.1 Å². The van der Waals surface area contributed by atoms with Gasteiger partial charge in [0.25, 0.3) is 0 Å². The van der Waals surface area contributed by atoms with Crippen LogP contribution in [-0.2, 0) is 19.4 Å². The Labute approximate surface area is 126 Å². The summed E-state index contributed by atoms with van der Waals surface area (Å²) in [6.45, 7) is 6.64. The normalized spacial score (nSPS) is 15.2. The van der Waals surface area contributed by atoms with Gasteiger partial charge in [-0.25, -0.2) is 0 Å². The van der Waals surface area contributed by atoms with Gasteiger partial charge in [0.2, 0.25) is 0 Å². The molecule has 0 fully saturated rings. The molecule has 0 bridgehead atoms. The summed E-state index contributed by atoms with van der Waals surface area (Å²) < 4.78 is 0. The summed E-state index contributed by atoms with van der Waals surface area (Å²) in [5, 5.41) is 0. The van der Waals surface area contributed by atoms with Crippen LogP contribution in [0.15, 0.2) is 66.3 Å². The van der Waals surface area contributed by atoms with Gasteiger partial charge in [-0.3, -0.25) is 0 Å². The minimum atomic E-state index is 0.601. The molecule has 0 spiro atoms. The molecule has 1 heteroatoms. The Morgan fingerprint density at radius 2 is 1.90 bits per heavy atom. The Balaban J connectivity index is 2.05. The van der Waals surface area contributed by atoms with Crippen molar-refractivity contribution in [2.24, 2.45) is 5.73 Å². The first-order chi connectivity index (χ1) is 10.2. The molecule has 0 heterocycles. The van der Waals surface area contributed by atoms with E-state index < -0.39 is 0 Å². The van der Waals surface area contributed by atoms with E-state index in [1.54, 1.807) is 0 Å². The first-order valence-electron chi connectivity index (χ1n) is 7.42. The first-order valence-corrected chi connectivity index (χ1v) is 7.42. The molecule has 3 rings (SSSR count). The lowest BCUT2D eigenvalue weighted by molar-refractivity contribution is 1.03. The van der Waals surface area contributed by atoms with E-state index in [0.717, 1.165) is 18.4 Å². The van der Waals surface area contributed by atoms with E-state index in [2.05, 4.69) is 62.0 Å². The Morgan fingerprint density at radius 1 is 1.14 bits per heavy atom. The molecule has 0 saturated heterocycles. The predicted molar refractivity (Wildman–Crippen MR) is 90.1 cm³/mol. The second kappa shape index (κ2) is 5.71. The largest absolute Gasteiger partial charge is 0.326 e. The van der Waals surface area contributed by atoms with Gasteiger partial charge >= 0.3 is 0 Å². The predicted octanol–water partition coefficient (Wildman–Crippen LogP) is 4.41. The van der Waals surface area contributed by atoms with Gasteiger partial charge in [0, 0.05) is 6.54 Å². The zero-order valence-electron chi connectivity index (χ0n) is 12.5. The van der Waals surface area contributed by atoms with Crippen LogP contribution in [0.4, 0.5) is 0 Å². The summed E-state index contributed by atoms with van der Waals surface area (Å²) in [5.74, 6) is 0. The Bertz CT molecular complexity index is 708. The van der Waals surface area contributed by atoms with Crippen molar-refractivity contribution < 1.29 is 0 Å². The van der Waals surface area contributed by atoms with Crippen LogP contribution in [0.1, 0.15) is 23.6 Å².